The third-order valence-electron chi connectivity index (χ3n) is 2.74. The lowest BCUT2D eigenvalue weighted by Gasteiger charge is -2.18. The Morgan fingerprint density at radius 3 is 2.53 bits per heavy atom. The summed E-state index contributed by atoms with van der Waals surface area (Å²) in [6, 6.07) is 3.56. The first-order valence-corrected chi connectivity index (χ1v) is 6.20. The highest BCUT2D eigenvalue weighted by Crippen LogP contribution is 2.31. The lowest BCUT2D eigenvalue weighted by Crippen LogP contribution is -2.27. The molecule has 2 rings (SSSR count). The van der Waals surface area contributed by atoms with Crippen LogP contribution in [0.1, 0.15) is 11.4 Å². The van der Waals surface area contributed by atoms with Gasteiger partial charge in [0.15, 0.2) is 0 Å². The maximum Gasteiger partial charge on any atom is 0.416 e. The van der Waals surface area contributed by atoms with E-state index in [2.05, 4.69) is 4.98 Å². The predicted molar refractivity (Wildman–Crippen MR) is 69.2 cm³/mol. The highest BCUT2D eigenvalue weighted by atomic mass is 35.5. The molecule has 0 radical (unpaired) electrons. The highest BCUT2D eigenvalue weighted by molar-refractivity contribution is 6.17. The third-order valence-corrected chi connectivity index (χ3v) is 2.93. The smallest absolute Gasteiger partial charge is 0.317 e. The second-order valence-electron chi connectivity index (χ2n) is 4.33. The Labute approximate surface area is 113 Å². The van der Waals surface area contributed by atoms with Gasteiger partial charge in [-0.2, -0.15) is 13.2 Å². The number of aromatic nitrogens is 2. The average molecular weight is 292 g/mol. The van der Waals surface area contributed by atoms with Gasteiger partial charge in [0, 0.05) is 26.4 Å². The molecule has 0 atom stereocenters. The quantitative estimate of drug-likeness (QED) is 0.811. The largest absolute Gasteiger partial charge is 0.416 e. The lowest BCUT2D eigenvalue weighted by molar-refractivity contribution is -0.137. The fourth-order valence-corrected chi connectivity index (χ4v) is 2.16. The lowest BCUT2D eigenvalue weighted by atomic mass is 10.2. The molecule has 0 aliphatic carbocycles. The Hall–Kier alpha value is -1.43. The van der Waals surface area contributed by atoms with Crippen LogP contribution in [0.5, 0.6) is 0 Å². The Bertz CT molecular complexity index is 590. The van der Waals surface area contributed by atoms with Crippen LogP contribution in [0.4, 0.5) is 13.2 Å². The van der Waals surface area contributed by atoms with Gasteiger partial charge in [-0.15, -0.1) is 11.6 Å². The predicted octanol–water partition coefficient (Wildman–Crippen LogP) is 3.03. The van der Waals surface area contributed by atoms with Gasteiger partial charge in [0.25, 0.3) is 0 Å². The summed E-state index contributed by atoms with van der Waals surface area (Å²) in [4.78, 5) is 4.23. The molecule has 1 aromatic carbocycles. The summed E-state index contributed by atoms with van der Waals surface area (Å²) < 4.78 is 39.8. The molecular weight excluding hydrogens is 279 g/mol. The van der Waals surface area contributed by atoms with Crippen molar-refractivity contribution in [2.45, 2.75) is 12.6 Å². The number of nitrogens with zero attached hydrogens (tertiary/aromatic N) is 3. The first-order chi connectivity index (χ1) is 8.84. The van der Waals surface area contributed by atoms with Gasteiger partial charge in [-0.25, -0.2) is 9.66 Å². The first kappa shape index (κ1) is 14.0. The van der Waals surface area contributed by atoms with Gasteiger partial charge in [-0.1, -0.05) is 0 Å². The molecule has 0 aliphatic rings. The molecule has 19 heavy (non-hydrogen) atoms. The van der Waals surface area contributed by atoms with Gasteiger partial charge in [0.05, 0.1) is 16.6 Å². The Morgan fingerprint density at radius 2 is 2.00 bits per heavy atom. The van der Waals surface area contributed by atoms with Crippen LogP contribution in [0.25, 0.3) is 11.0 Å². The molecule has 0 fully saturated rings. The molecule has 0 amide bonds. The van der Waals surface area contributed by atoms with Crippen LogP contribution in [0, 0.1) is 0 Å². The van der Waals surface area contributed by atoms with Crippen LogP contribution in [0.2, 0.25) is 0 Å². The zero-order valence-electron chi connectivity index (χ0n) is 10.5. The SMILES string of the molecule is CN(C)n1c(CCCl)nc2cc(C(F)(F)F)ccc21. The van der Waals surface area contributed by atoms with Crippen molar-refractivity contribution in [3.8, 4) is 0 Å². The molecule has 3 nitrogen and oxygen atoms in total. The first-order valence-electron chi connectivity index (χ1n) is 5.66. The zero-order valence-corrected chi connectivity index (χ0v) is 11.3. The van der Waals surface area contributed by atoms with Crippen molar-refractivity contribution in [2.24, 2.45) is 0 Å². The number of alkyl halides is 4. The summed E-state index contributed by atoms with van der Waals surface area (Å²) >= 11 is 5.69. The number of aryl methyl sites for hydroxylation is 1. The van der Waals surface area contributed by atoms with Crippen molar-refractivity contribution in [1.82, 2.24) is 9.66 Å². The van der Waals surface area contributed by atoms with Crippen LogP contribution in [-0.2, 0) is 12.6 Å². The third kappa shape index (κ3) is 2.63. The van der Waals surface area contributed by atoms with E-state index in [1.165, 1.54) is 6.07 Å². The topological polar surface area (TPSA) is 21.1 Å². The Morgan fingerprint density at radius 1 is 1.32 bits per heavy atom. The number of imidazole rings is 1. The summed E-state index contributed by atoms with van der Waals surface area (Å²) in [7, 11) is 3.60. The van der Waals surface area contributed by atoms with E-state index < -0.39 is 11.7 Å². The minimum atomic E-state index is -4.36. The molecule has 0 N–H and O–H groups in total. The van der Waals surface area contributed by atoms with Crippen LogP contribution in [0.3, 0.4) is 0 Å². The standard InChI is InChI=1S/C12H13ClF3N3/c1-18(2)19-10-4-3-8(12(14,15)16)7-9(10)17-11(19)5-6-13/h3-4,7H,5-6H2,1-2H3. The molecule has 2 aromatic rings. The molecule has 1 aromatic heterocycles. The maximum absolute atomic E-state index is 12.7. The molecule has 7 heteroatoms. The normalized spacial score (nSPS) is 12.1. The molecule has 1 heterocycles. The monoisotopic (exact) mass is 291 g/mol. The fourth-order valence-electron chi connectivity index (χ4n) is 1.99. The van der Waals surface area contributed by atoms with Gasteiger partial charge in [0.1, 0.15) is 5.82 Å². The molecule has 0 aliphatic heterocycles. The van der Waals surface area contributed by atoms with Crippen molar-refractivity contribution in [3.63, 3.8) is 0 Å². The zero-order chi connectivity index (χ0) is 14.2. The second-order valence-corrected chi connectivity index (χ2v) is 4.71. The number of hydrogen-bond donors (Lipinski definition) is 0. The summed E-state index contributed by atoms with van der Waals surface area (Å²) in [6.07, 6.45) is -3.86. The minimum absolute atomic E-state index is 0.323. The van der Waals surface area contributed by atoms with E-state index in [9.17, 15) is 13.2 Å². The fraction of sp³-hybridized carbons (Fsp3) is 0.417. The van der Waals surface area contributed by atoms with Crippen LogP contribution in [0.15, 0.2) is 18.2 Å². The summed E-state index contributed by atoms with van der Waals surface area (Å²) in [5.74, 6) is 1.01. The van der Waals surface area contributed by atoms with E-state index in [4.69, 9.17) is 11.6 Å². The van der Waals surface area contributed by atoms with E-state index >= 15 is 0 Å². The molecule has 0 saturated carbocycles. The number of benzene rings is 1. The minimum Gasteiger partial charge on any atom is -0.317 e. The van der Waals surface area contributed by atoms with E-state index in [1.54, 1.807) is 23.8 Å². The number of hydrogen-bond acceptors (Lipinski definition) is 2. The summed E-state index contributed by atoms with van der Waals surface area (Å²) in [6.45, 7) is 0. The molecular formula is C12H13ClF3N3. The highest BCUT2D eigenvalue weighted by Gasteiger charge is 2.31. The Balaban J connectivity index is 2.62. The van der Waals surface area contributed by atoms with Crippen LogP contribution < -0.4 is 5.01 Å². The van der Waals surface area contributed by atoms with Crippen LogP contribution >= 0.6 is 11.6 Å². The molecule has 0 bridgehead atoms. The van der Waals surface area contributed by atoms with Gasteiger partial charge in [0.2, 0.25) is 0 Å². The number of halogens is 4. The number of rotatable bonds is 3. The van der Waals surface area contributed by atoms with Crippen molar-refractivity contribution >= 4 is 22.6 Å². The average Bonchev–Trinajstić information content (AvgIpc) is 2.65. The van der Waals surface area contributed by atoms with E-state index in [-0.39, 0.29) is 0 Å². The summed E-state index contributed by atoms with van der Waals surface area (Å²) in [5, 5.41) is 1.77. The van der Waals surface area contributed by atoms with E-state index in [0.717, 1.165) is 12.1 Å². The molecule has 104 valence electrons. The van der Waals surface area contributed by atoms with Crippen molar-refractivity contribution in [1.29, 1.82) is 0 Å². The van der Waals surface area contributed by atoms with Gasteiger partial charge >= 0.3 is 6.18 Å². The maximum atomic E-state index is 12.7. The Kier molecular flexibility index (Phi) is 3.62. The van der Waals surface area contributed by atoms with E-state index in [0.29, 0.717) is 29.2 Å². The molecule has 0 saturated heterocycles. The van der Waals surface area contributed by atoms with Gasteiger partial charge in [-0.3, -0.25) is 0 Å². The molecule has 0 unspecified atom stereocenters. The summed E-state index contributed by atoms with van der Waals surface area (Å²) in [5.41, 5.74) is 0.266. The second kappa shape index (κ2) is 4.92. The van der Waals surface area contributed by atoms with Crippen LogP contribution in [-0.4, -0.2) is 29.6 Å². The van der Waals surface area contributed by atoms with Crippen molar-refractivity contribution in [2.75, 3.05) is 25.0 Å². The van der Waals surface area contributed by atoms with Gasteiger partial charge in [-0.05, 0) is 18.2 Å². The van der Waals surface area contributed by atoms with Gasteiger partial charge < -0.3 is 5.01 Å². The number of fused-ring (bicyclic) bond motifs is 1. The van der Waals surface area contributed by atoms with E-state index in [1.807, 2.05) is 0 Å². The van der Waals surface area contributed by atoms with Crippen molar-refractivity contribution in [3.05, 3.63) is 29.6 Å². The molecule has 0 spiro atoms. The van der Waals surface area contributed by atoms with Crippen molar-refractivity contribution < 1.29 is 13.2 Å².